The van der Waals surface area contributed by atoms with Crippen LogP contribution in [0.3, 0.4) is 0 Å². The molecular weight excluding hydrogens is 394 g/mol. The van der Waals surface area contributed by atoms with Gasteiger partial charge in [0.25, 0.3) is 5.91 Å². The summed E-state index contributed by atoms with van der Waals surface area (Å²) in [5, 5.41) is 4.13. The summed E-state index contributed by atoms with van der Waals surface area (Å²) in [7, 11) is 1.66. The zero-order valence-corrected chi connectivity index (χ0v) is 18.7. The standard InChI is InChI=1S/C24H29N3O2S/c1-4-6-19-17-7-5-8-18(17)20-21(25)22(30-24(20)27-19)23(28)26-14(2)13-15-9-11-16(29-3)12-10-15/h9-12,14H,4-8,13,25H2,1-3H3,(H,26,28)/t14-/m0/s1. The van der Waals surface area contributed by atoms with Crippen LogP contribution in [0, 0.1) is 0 Å². The molecule has 0 spiro atoms. The third kappa shape index (κ3) is 3.88. The Morgan fingerprint density at radius 2 is 2.00 bits per heavy atom. The Balaban J connectivity index is 1.56. The fraction of sp³-hybridized carbons (Fsp3) is 0.417. The molecule has 2 heterocycles. The lowest BCUT2D eigenvalue weighted by molar-refractivity contribution is 0.0945. The first-order valence-corrected chi connectivity index (χ1v) is 11.5. The number of anilines is 1. The number of carbonyl (C=O) groups is 1. The number of aryl methyl sites for hydroxylation is 2. The van der Waals surface area contributed by atoms with Gasteiger partial charge in [0.1, 0.15) is 15.5 Å². The predicted molar refractivity (Wildman–Crippen MR) is 124 cm³/mol. The van der Waals surface area contributed by atoms with Crippen molar-refractivity contribution in [2.75, 3.05) is 12.8 Å². The molecule has 2 aromatic heterocycles. The van der Waals surface area contributed by atoms with Crippen LogP contribution in [0.15, 0.2) is 24.3 Å². The third-order valence-corrected chi connectivity index (χ3v) is 6.90. The summed E-state index contributed by atoms with van der Waals surface area (Å²) in [4.78, 5) is 19.4. The molecule has 4 rings (SSSR count). The molecule has 0 unspecified atom stereocenters. The van der Waals surface area contributed by atoms with Crippen LogP contribution >= 0.6 is 11.3 Å². The number of amides is 1. The van der Waals surface area contributed by atoms with Crippen molar-refractivity contribution < 1.29 is 9.53 Å². The van der Waals surface area contributed by atoms with E-state index < -0.39 is 0 Å². The van der Waals surface area contributed by atoms with Gasteiger partial charge in [-0.3, -0.25) is 4.79 Å². The van der Waals surface area contributed by atoms with E-state index in [1.54, 1.807) is 7.11 Å². The Hall–Kier alpha value is -2.60. The monoisotopic (exact) mass is 423 g/mol. The molecule has 0 fully saturated rings. The van der Waals surface area contributed by atoms with Gasteiger partial charge < -0.3 is 15.8 Å². The van der Waals surface area contributed by atoms with Crippen LogP contribution in [0.1, 0.15) is 58.7 Å². The number of thiophene rings is 1. The van der Waals surface area contributed by atoms with E-state index in [1.165, 1.54) is 28.2 Å². The largest absolute Gasteiger partial charge is 0.497 e. The van der Waals surface area contributed by atoms with Crippen LogP contribution in [0.25, 0.3) is 10.2 Å². The predicted octanol–water partition coefficient (Wildman–Crippen LogP) is 4.69. The Morgan fingerprint density at radius 1 is 1.27 bits per heavy atom. The number of nitrogens with one attached hydrogen (secondary N) is 1. The molecular formula is C24H29N3O2S. The molecule has 0 bridgehead atoms. The minimum absolute atomic E-state index is 0.00941. The highest BCUT2D eigenvalue weighted by atomic mass is 32.1. The molecule has 0 aliphatic heterocycles. The van der Waals surface area contributed by atoms with Crippen molar-refractivity contribution in [2.45, 2.75) is 58.4 Å². The van der Waals surface area contributed by atoms with Crippen molar-refractivity contribution in [3.8, 4) is 5.75 Å². The first-order valence-electron chi connectivity index (χ1n) is 10.7. The van der Waals surface area contributed by atoms with Crippen molar-refractivity contribution in [1.82, 2.24) is 10.3 Å². The van der Waals surface area contributed by atoms with Gasteiger partial charge in [-0.2, -0.15) is 0 Å². The van der Waals surface area contributed by atoms with E-state index in [2.05, 4.69) is 12.2 Å². The van der Waals surface area contributed by atoms with Gasteiger partial charge in [-0.15, -0.1) is 11.3 Å². The van der Waals surface area contributed by atoms with Crippen molar-refractivity contribution in [3.63, 3.8) is 0 Å². The quantitative estimate of drug-likeness (QED) is 0.578. The Kier molecular flexibility index (Phi) is 5.95. The van der Waals surface area contributed by atoms with Gasteiger partial charge in [-0.1, -0.05) is 25.5 Å². The van der Waals surface area contributed by atoms with E-state index in [9.17, 15) is 4.79 Å². The van der Waals surface area contributed by atoms with Crippen LogP contribution in [-0.4, -0.2) is 24.0 Å². The highest BCUT2D eigenvalue weighted by molar-refractivity contribution is 7.21. The van der Waals surface area contributed by atoms with Gasteiger partial charge in [-0.05, 0) is 67.9 Å². The molecule has 0 saturated heterocycles. The van der Waals surface area contributed by atoms with Crippen LogP contribution in [0.4, 0.5) is 5.69 Å². The topological polar surface area (TPSA) is 77.2 Å². The molecule has 158 valence electrons. The number of aromatic nitrogens is 1. The van der Waals surface area contributed by atoms with E-state index in [4.69, 9.17) is 15.5 Å². The van der Waals surface area contributed by atoms with Gasteiger partial charge in [0, 0.05) is 17.1 Å². The molecule has 0 saturated carbocycles. The third-order valence-electron chi connectivity index (χ3n) is 5.80. The van der Waals surface area contributed by atoms with Crippen molar-refractivity contribution >= 4 is 33.1 Å². The molecule has 1 aliphatic rings. The van der Waals surface area contributed by atoms with E-state index >= 15 is 0 Å². The summed E-state index contributed by atoms with van der Waals surface area (Å²) in [5.41, 5.74) is 12.1. The second kappa shape index (κ2) is 8.64. The molecule has 1 atom stereocenters. The van der Waals surface area contributed by atoms with Crippen molar-refractivity contribution in [2.24, 2.45) is 0 Å². The number of ether oxygens (including phenoxy) is 1. The number of methoxy groups -OCH3 is 1. The fourth-order valence-corrected chi connectivity index (χ4v) is 5.45. The molecule has 0 radical (unpaired) electrons. The average molecular weight is 424 g/mol. The summed E-state index contributed by atoms with van der Waals surface area (Å²) in [5.74, 6) is 0.719. The smallest absolute Gasteiger partial charge is 0.263 e. The Bertz CT molecular complexity index is 1070. The zero-order chi connectivity index (χ0) is 21.3. The lowest BCUT2D eigenvalue weighted by Crippen LogP contribution is -2.33. The molecule has 1 aromatic carbocycles. The SMILES string of the molecule is CCCc1nc2sc(C(=O)N[C@@H](C)Cc3ccc(OC)cc3)c(N)c2c2c1CCC2. The number of nitrogens with two attached hydrogens (primary N) is 1. The van der Waals surface area contributed by atoms with E-state index in [1.807, 2.05) is 31.2 Å². The van der Waals surface area contributed by atoms with E-state index in [0.717, 1.165) is 60.1 Å². The first kappa shape index (κ1) is 20.7. The number of hydrogen-bond donors (Lipinski definition) is 2. The number of rotatable bonds is 7. The molecule has 5 nitrogen and oxygen atoms in total. The van der Waals surface area contributed by atoms with Crippen molar-refractivity contribution in [3.05, 3.63) is 51.5 Å². The van der Waals surface area contributed by atoms with Gasteiger partial charge in [0.2, 0.25) is 0 Å². The Morgan fingerprint density at radius 3 is 2.70 bits per heavy atom. The van der Waals surface area contributed by atoms with E-state index in [-0.39, 0.29) is 11.9 Å². The maximum Gasteiger partial charge on any atom is 0.263 e. The number of hydrogen-bond acceptors (Lipinski definition) is 5. The summed E-state index contributed by atoms with van der Waals surface area (Å²) >= 11 is 1.43. The van der Waals surface area contributed by atoms with Gasteiger partial charge in [-0.25, -0.2) is 4.98 Å². The summed E-state index contributed by atoms with van der Waals surface area (Å²) in [6.07, 6.45) is 6.04. The number of nitrogens with zero attached hydrogens (tertiary/aromatic N) is 1. The molecule has 6 heteroatoms. The number of nitrogen functional groups attached to an aromatic ring is 1. The van der Waals surface area contributed by atoms with Crippen LogP contribution in [0.2, 0.25) is 0 Å². The molecule has 3 aromatic rings. The summed E-state index contributed by atoms with van der Waals surface area (Å²) in [6, 6.07) is 7.92. The van der Waals surface area contributed by atoms with Gasteiger partial charge >= 0.3 is 0 Å². The van der Waals surface area contributed by atoms with Gasteiger partial charge in [0.05, 0.1) is 12.8 Å². The van der Waals surface area contributed by atoms with Crippen molar-refractivity contribution in [1.29, 1.82) is 0 Å². The fourth-order valence-electron chi connectivity index (χ4n) is 4.40. The van der Waals surface area contributed by atoms with Gasteiger partial charge in [0.15, 0.2) is 0 Å². The van der Waals surface area contributed by atoms with Crippen LogP contribution < -0.4 is 15.8 Å². The lowest BCUT2D eigenvalue weighted by atomic mass is 10.0. The summed E-state index contributed by atoms with van der Waals surface area (Å²) in [6.45, 7) is 4.19. The first-order chi connectivity index (χ1) is 14.5. The maximum atomic E-state index is 13.0. The number of benzene rings is 1. The van der Waals surface area contributed by atoms with E-state index in [0.29, 0.717) is 10.6 Å². The lowest BCUT2D eigenvalue weighted by Gasteiger charge is -2.14. The normalized spacial score (nSPS) is 14.0. The Labute approximate surface area is 181 Å². The molecule has 1 aliphatic carbocycles. The highest BCUT2D eigenvalue weighted by Gasteiger charge is 2.26. The maximum absolute atomic E-state index is 13.0. The second-order valence-corrected chi connectivity index (χ2v) is 9.07. The minimum atomic E-state index is -0.111. The average Bonchev–Trinajstić information content (AvgIpc) is 3.33. The van der Waals surface area contributed by atoms with Crippen LogP contribution in [-0.2, 0) is 25.7 Å². The minimum Gasteiger partial charge on any atom is -0.497 e. The molecule has 3 N–H and O–H groups in total. The second-order valence-electron chi connectivity index (χ2n) is 8.07. The number of pyridine rings is 1. The number of fused-ring (bicyclic) bond motifs is 3. The highest BCUT2D eigenvalue weighted by Crippen LogP contribution is 2.40. The zero-order valence-electron chi connectivity index (χ0n) is 17.9. The van der Waals surface area contributed by atoms with Crippen LogP contribution in [0.5, 0.6) is 5.75 Å². The number of carbonyl (C=O) groups excluding carboxylic acids is 1. The molecule has 1 amide bonds. The summed E-state index contributed by atoms with van der Waals surface area (Å²) < 4.78 is 5.21. The molecule has 30 heavy (non-hydrogen) atoms.